The van der Waals surface area contributed by atoms with Crippen LogP contribution in [0.15, 0.2) is 60.7 Å². The molecule has 0 unspecified atom stereocenters. The number of ether oxygens (including phenoxy) is 2. The number of carbonyl (C=O) groups excluding carboxylic acids is 1. The third-order valence-electron chi connectivity index (χ3n) is 6.45. The number of hydrogen-bond donors (Lipinski definition) is 2. The van der Waals surface area contributed by atoms with E-state index in [1.54, 1.807) is 42.5 Å². The number of nitro groups is 1. The van der Waals surface area contributed by atoms with E-state index in [0.717, 1.165) is 6.26 Å². The number of anilines is 3. The number of carbonyl (C=O) groups is 1. The molecular formula is C27H27N5O7S. The lowest BCUT2D eigenvalue weighted by Crippen LogP contribution is -2.35. The Kier molecular flexibility index (Phi) is 7.08. The van der Waals surface area contributed by atoms with Crippen LogP contribution in [0.3, 0.4) is 0 Å². The first-order valence-electron chi connectivity index (χ1n) is 12.3. The van der Waals surface area contributed by atoms with E-state index in [1.165, 1.54) is 22.5 Å². The Hall–Kier alpha value is -4.62. The number of nitrogens with one attached hydrogen (secondary N) is 2. The van der Waals surface area contributed by atoms with Crippen molar-refractivity contribution >= 4 is 50.0 Å². The number of non-ortho nitro benzene ring substituents is 1. The SMILES string of the molecule is CN(C)CCN(c1ccc(NC(=C2C(=O)Nc3cc([N+](=O)[O-])ccc32)c2ccc3c(c2)OCO3)cc1)S(C)(=O)=O. The Labute approximate surface area is 231 Å². The highest BCUT2D eigenvalue weighted by Crippen LogP contribution is 2.41. The molecule has 5 rings (SSSR count). The molecule has 1 amide bonds. The number of amides is 1. The van der Waals surface area contributed by atoms with Crippen LogP contribution in [0.25, 0.3) is 11.3 Å². The highest BCUT2D eigenvalue weighted by atomic mass is 32.2. The van der Waals surface area contributed by atoms with Crippen LogP contribution in [0.1, 0.15) is 11.1 Å². The maximum absolute atomic E-state index is 13.2. The molecule has 13 heteroatoms. The van der Waals surface area contributed by atoms with Gasteiger partial charge in [0, 0.05) is 42.0 Å². The lowest BCUT2D eigenvalue weighted by Gasteiger charge is -2.24. The summed E-state index contributed by atoms with van der Waals surface area (Å²) in [6, 6.07) is 16.3. The topological polar surface area (TPSA) is 143 Å². The average Bonchev–Trinajstić information content (AvgIpc) is 3.49. The Morgan fingerprint density at radius 3 is 2.42 bits per heavy atom. The van der Waals surface area contributed by atoms with Crippen LogP contribution in [-0.4, -0.2) is 64.4 Å². The second kappa shape index (κ2) is 10.5. The number of rotatable bonds is 9. The molecule has 3 aromatic rings. The van der Waals surface area contributed by atoms with Crippen molar-refractivity contribution in [2.24, 2.45) is 0 Å². The fourth-order valence-electron chi connectivity index (χ4n) is 4.49. The van der Waals surface area contributed by atoms with Crippen LogP contribution >= 0.6 is 0 Å². The van der Waals surface area contributed by atoms with Crippen LogP contribution < -0.4 is 24.4 Å². The number of fused-ring (bicyclic) bond motifs is 2. The number of hydrogen-bond acceptors (Lipinski definition) is 9. The van der Waals surface area contributed by atoms with Crippen molar-refractivity contribution in [1.82, 2.24) is 4.90 Å². The fourth-order valence-corrected chi connectivity index (χ4v) is 5.40. The maximum atomic E-state index is 13.2. The third kappa shape index (κ3) is 5.42. The van der Waals surface area contributed by atoms with Gasteiger partial charge in [-0.25, -0.2) is 8.42 Å². The zero-order valence-corrected chi connectivity index (χ0v) is 22.8. The van der Waals surface area contributed by atoms with Gasteiger partial charge in [0.05, 0.1) is 33.8 Å². The summed E-state index contributed by atoms with van der Waals surface area (Å²) < 4.78 is 37.2. The quantitative estimate of drug-likeness (QED) is 0.226. The molecule has 0 saturated heterocycles. The van der Waals surface area contributed by atoms with Crippen molar-refractivity contribution < 1.29 is 27.6 Å². The van der Waals surface area contributed by atoms with Crippen molar-refractivity contribution in [2.75, 3.05) is 55.2 Å². The van der Waals surface area contributed by atoms with Gasteiger partial charge in [-0.2, -0.15) is 0 Å². The smallest absolute Gasteiger partial charge is 0.271 e. The number of sulfonamides is 1. The van der Waals surface area contributed by atoms with Gasteiger partial charge in [0.2, 0.25) is 16.8 Å². The molecule has 2 N–H and O–H groups in total. The summed E-state index contributed by atoms with van der Waals surface area (Å²) in [6.45, 7) is 0.908. The zero-order valence-electron chi connectivity index (χ0n) is 22.0. The van der Waals surface area contributed by atoms with Gasteiger partial charge in [0.1, 0.15) is 0 Å². The van der Waals surface area contributed by atoms with E-state index in [0.29, 0.717) is 51.9 Å². The molecule has 0 spiro atoms. The number of nitrogens with zero attached hydrogens (tertiary/aromatic N) is 3. The van der Waals surface area contributed by atoms with Gasteiger partial charge < -0.3 is 25.0 Å². The largest absolute Gasteiger partial charge is 0.454 e. The highest BCUT2D eigenvalue weighted by Gasteiger charge is 2.31. The molecule has 0 saturated carbocycles. The van der Waals surface area contributed by atoms with E-state index in [9.17, 15) is 23.3 Å². The number of nitro benzene ring substituents is 1. The minimum atomic E-state index is -3.51. The predicted octanol–water partition coefficient (Wildman–Crippen LogP) is 3.58. The van der Waals surface area contributed by atoms with Gasteiger partial charge in [-0.05, 0) is 62.6 Å². The molecule has 208 valence electrons. The van der Waals surface area contributed by atoms with Crippen LogP contribution in [0.4, 0.5) is 22.7 Å². The van der Waals surface area contributed by atoms with Gasteiger partial charge in [0.15, 0.2) is 11.5 Å². The lowest BCUT2D eigenvalue weighted by atomic mass is 9.99. The summed E-state index contributed by atoms with van der Waals surface area (Å²) in [5.74, 6) is 0.655. The highest BCUT2D eigenvalue weighted by molar-refractivity contribution is 7.92. The van der Waals surface area contributed by atoms with E-state index in [-0.39, 0.29) is 24.6 Å². The summed E-state index contributed by atoms with van der Waals surface area (Å²) >= 11 is 0. The first-order valence-corrected chi connectivity index (χ1v) is 14.1. The molecule has 2 aliphatic rings. The summed E-state index contributed by atoms with van der Waals surface area (Å²) in [7, 11) is 0.227. The molecule has 12 nitrogen and oxygen atoms in total. The van der Waals surface area contributed by atoms with Crippen LogP contribution in [0.2, 0.25) is 0 Å². The Morgan fingerprint density at radius 2 is 1.75 bits per heavy atom. The molecule has 0 fully saturated rings. The van der Waals surface area contributed by atoms with Crippen molar-refractivity contribution in [2.45, 2.75) is 0 Å². The third-order valence-corrected chi connectivity index (χ3v) is 7.64. The summed E-state index contributed by atoms with van der Waals surface area (Å²) in [5, 5.41) is 17.3. The minimum Gasteiger partial charge on any atom is -0.454 e. The monoisotopic (exact) mass is 565 g/mol. The normalized spacial score (nSPS) is 15.1. The summed E-state index contributed by atoms with van der Waals surface area (Å²) in [5.41, 5.74) is 3.12. The standard InChI is InChI=1S/C27H27N5O7S/c1-30(2)12-13-31(40(3,36)37)19-7-5-18(6-8-19)28-26(17-4-11-23-24(14-17)39-16-38-23)25-21-10-9-20(32(34)35)15-22(21)29-27(25)33/h4-11,14-15,28H,12-13,16H2,1-3H3,(H,29,33). The zero-order chi connectivity index (χ0) is 28.6. The van der Waals surface area contributed by atoms with Crippen LogP contribution in [0, 0.1) is 10.1 Å². The molecule has 0 aliphatic carbocycles. The predicted molar refractivity (Wildman–Crippen MR) is 152 cm³/mol. The molecule has 0 bridgehead atoms. The Bertz CT molecular complexity index is 1640. The second-order valence-corrected chi connectivity index (χ2v) is 11.5. The molecule has 0 aromatic heterocycles. The van der Waals surface area contributed by atoms with Gasteiger partial charge >= 0.3 is 0 Å². The number of likely N-dealkylation sites (N-methyl/N-ethyl adjacent to an activating group) is 1. The van der Waals surface area contributed by atoms with E-state index in [2.05, 4.69) is 10.6 Å². The van der Waals surface area contributed by atoms with Crippen molar-refractivity contribution in [3.05, 3.63) is 81.9 Å². The lowest BCUT2D eigenvalue weighted by molar-refractivity contribution is -0.384. The molecule has 3 aromatic carbocycles. The first-order chi connectivity index (χ1) is 19.0. The second-order valence-electron chi connectivity index (χ2n) is 9.57. The van der Waals surface area contributed by atoms with Gasteiger partial charge in [-0.1, -0.05) is 0 Å². The summed E-state index contributed by atoms with van der Waals surface area (Å²) in [6.07, 6.45) is 1.16. The van der Waals surface area contributed by atoms with Gasteiger partial charge in [0.25, 0.3) is 11.6 Å². The Balaban J connectivity index is 1.56. The summed E-state index contributed by atoms with van der Waals surface area (Å²) in [4.78, 5) is 25.9. The number of benzene rings is 3. The molecule has 0 atom stereocenters. The van der Waals surface area contributed by atoms with Crippen LogP contribution in [0.5, 0.6) is 11.5 Å². The molecule has 40 heavy (non-hydrogen) atoms. The van der Waals surface area contributed by atoms with Gasteiger partial charge in [-0.15, -0.1) is 0 Å². The Morgan fingerprint density at radius 1 is 1.02 bits per heavy atom. The molecule has 2 heterocycles. The molecule has 2 aliphatic heterocycles. The molecular weight excluding hydrogens is 538 g/mol. The fraction of sp³-hybridized carbons (Fsp3) is 0.222. The van der Waals surface area contributed by atoms with E-state index in [4.69, 9.17) is 9.47 Å². The van der Waals surface area contributed by atoms with E-state index < -0.39 is 20.9 Å². The van der Waals surface area contributed by atoms with E-state index >= 15 is 0 Å². The average molecular weight is 566 g/mol. The van der Waals surface area contributed by atoms with Crippen molar-refractivity contribution in [3.8, 4) is 11.5 Å². The van der Waals surface area contributed by atoms with Crippen molar-refractivity contribution in [1.29, 1.82) is 0 Å². The van der Waals surface area contributed by atoms with E-state index in [1.807, 2.05) is 19.0 Å². The molecule has 0 radical (unpaired) electrons. The van der Waals surface area contributed by atoms with Gasteiger partial charge in [-0.3, -0.25) is 19.2 Å². The minimum absolute atomic E-state index is 0.0806. The first kappa shape index (κ1) is 27.0. The van der Waals surface area contributed by atoms with Crippen LogP contribution in [-0.2, 0) is 14.8 Å². The van der Waals surface area contributed by atoms with Crippen molar-refractivity contribution in [3.63, 3.8) is 0 Å². The maximum Gasteiger partial charge on any atom is 0.271 e.